The fourth-order valence-electron chi connectivity index (χ4n) is 3.44. The third-order valence-corrected chi connectivity index (χ3v) is 4.91. The van der Waals surface area contributed by atoms with Crippen LogP contribution in [0.15, 0.2) is 60.9 Å². The molecule has 0 unspecified atom stereocenters. The number of imidazole rings is 1. The van der Waals surface area contributed by atoms with E-state index in [1.54, 1.807) is 27.5 Å². The van der Waals surface area contributed by atoms with E-state index in [0.717, 1.165) is 28.1 Å². The van der Waals surface area contributed by atoms with E-state index in [0.29, 0.717) is 29.2 Å². The zero-order valence-corrected chi connectivity index (χ0v) is 16.9. The minimum absolute atomic E-state index is 0.592. The lowest BCUT2D eigenvalue weighted by Crippen LogP contribution is -2.00. The van der Waals surface area contributed by atoms with Gasteiger partial charge in [0, 0.05) is 29.0 Å². The Morgan fingerprint density at radius 2 is 1.73 bits per heavy atom. The van der Waals surface area contributed by atoms with Gasteiger partial charge >= 0.3 is 0 Å². The fraction of sp³-hybridized carbons (Fsp3) is 0.130. The quantitative estimate of drug-likeness (QED) is 0.467. The van der Waals surface area contributed by atoms with Crippen molar-refractivity contribution in [3.8, 4) is 39.6 Å². The smallest absolute Gasteiger partial charge is 0.211 e. The first-order valence-electron chi connectivity index (χ1n) is 9.26. The van der Waals surface area contributed by atoms with Crippen molar-refractivity contribution in [1.29, 1.82) is 0 Å². The molecule has 7 nitrogen and oxygen atoms in total. The molecule has 152 valence electrons. The number of ether oxygens (including phenoxy) is 3. The molecule has 4 aromatic rings. The summed E-state index contributed by atoms with van der Waals surface area (Å²) in [7, 11) is 4.85. The molecule has 30 heavy (non-hydrogen) atoms. The van der Waals surface area contributed by atoms with Gasteiger partial charge in [-0.2, -0.15) is 0 Å². The fourth-order valence-corrected chi connectivity index (χ4v) is 3.44. The molecular formula is C23H21N3O4. The number of aromatic nitrogens is 2. The highest BCUT2D eigenvalue weighted by Crippen LogP contribution is 2.36. The third-order valence-electron chi connectivity index (χ3n) is 4.91. The van der Waals surface area contributed by atoms with E-state index in [9.17, 15) is 4.79 Å². The number of methoxy groups -OCH3 is 3. The van der Waals surface area contributed by atoms with Gasteiger partial charge in [-0.05, 0) is 30.3 Å². The van der Waals surface area contributed by atoms with E-state index < -0.39 is 0 Å². The number of nitrogens with one attached hydrogen (secondary N) is 1. The SMILES string of the molecule is COc1cccc(-c2cnc3c(NC=O)cc(-c4ccc(OC)cc4OC)cn23)c1. The predicted octanol–water partition coefficient (Wildman–Crippen LogP) is 4.26. The summed E-state index contributed by atoms with van der Waals surface area (Å²) in [6.07, 6.45) is 4.39. The number of benzene rings is 2. The largest absolute Gasteiger partial charge is 0.497 e. The average Bonchev–Trinajstić information content (AvgIpc) is 3.23. The Bertz CT molecular complexity index is 1220. The maximum Gasteiger partial charge on any atom is 0.211 e. The van der Waals surface area contributed by atoms with E-state index in [1.807, 2.05) is 59.1 Å². The molecule has 7 heteroatoms. The number of carbonyl (C=O) groups is 1. The Balaban J connectivity index is 1.95. The van der Waals surface area contributed by atoms with Gasteiger partial charge in [-0.3, -0.25) is 9.20 Å². The van der Waals surface area contributed by atoms with E-state index in [1.165, 1.54) is 0 Å². The first-order valence-corrected chi connectivity index (χ1v) is 9.26. The Labute approximate surface area is 173 Å². The lowest BCUT2D eigenvalue weighted by atomic mass is 10.1. The van der Waals surface area contributed by atoms with Gasteiger partial charge in [-0.15, -0.1) is 0 Å². The molecule has 0 aliphatic heterocycles. The van der Waals surface area contributed by atoms with Gasteiger partial charge in [-0.25, -0.2) is 4.98 Å². The van der Waals surface area contributed by atoms with Crippen molar-refractivity contribution < 1.29 is 19.0 Å². The van der Waals surface area contributed by atoms with Crippen LogP contribution < -0.4 is 19.5 Å². The number of hydrogen-bond acceptors (Lipinski definition) is 5. The number of pyridine rings is 1. The summed E-state index contributed by atoms with van der Waals surface area (Å²) in [6, 6.07) is 15.2. The lowest BCUT2D eigenvalue weighted by Gasteiger charge is -2.13. The summed E-state index contributed by atoms with van der Waals surface area (Å²) in [5.74, 6) is 2.11. The average molecular weight is 403 g/mol. The van der Waals surface area contributed by atoms with Gasteiger partial charge in [-0.1, -0.05) is 12.1 Å². The van der Waals surface area contributed by atoms with E-state index in [4.69, 9.17) is 14.2 Å². The van der Waals surface area contributed by atoms with Crippen molar-refractivity contribution in [2.75, 3.05) is 26.6 Å². The number of anilines is 1. The van der Waals surface area contributed by atoms with Crippen LogP contribution >= 0.6 is 0 Å². The van der Waals surface area contributed by atoms with E-state index >= 15 is 0 Å². The van der Waals surface area contributed by atoms with Gasteiger partial charge < -0.3 is 19.5 Å². The zero-order chi connectivity index (χ0) is 21.1. The van der Waals surface area contributed by atoms with Gasteiger partial charge in [0.15, 0.2) is 5.65 Å². The highest BCUT2D eigenvalue weighted by atomic mass is 16.5. The highest BCUT2D eigenvalue weighted by Gasteiger charge is 2.15. The van der Waals surface area contributed by atoms with Crippen molar-refractivity contribution in [1.82, 2.24) is 9.38 Å². The van der Waals surface area contributed by atoms with Crippen LogP contribution in [0.1, 0.15) is 0 Å². The summed E-state index contributed by atoms with van der Waals surface area (Å²) in [4.78, 5) is 15.8. The molecule has 2 aromatic carbocycles. The molecule has 2 heterocycles. The van der Waals surface area contributed by atoms with Gasteiger partial charge in [0.25, 0.3) is 0 Å². The maximum absolute atomic E-state index is 11.2. The zero-order valence-electron chi connectivity index (χ0n) is 16.9. The molecule has 0 bridgehead atoms. The number of nitrogens with zero attached hydrogens (tertiary/aromatic N) is 2. The Kier molecular flexibility index (Phi) is 5.26. The minimum Gasteiger partial charge on any atom is -0.497 e. The third kappa shape index (κ3) is 3.41. The second-order valence-electron chi connectivity index (χ2n) is 6.54. The molecule has 4 rings (SSSR count). The molecule has 0 spiro atoms. The van der Waals surface area contributed by atoms with E-state index in [2.05, 4.69) is 10.3 Å². The maximum atomic E-state index is 11.2. The topological polar surface area (TPSA) is 74.1 Å². The van der Waals surface area contributed by atoms with Crippen LogP contribution in [0, 0.1) is 0 Å². The van der Waals surface area contributed by atoms with Gasteiger partial charge in [0.05, 0.1) is 38.9 Å². The van der Waals surface area contributed by atoms with Crippen molar-refractivity contribution in [2.24, 2.45) is 0 Å². The van der Waals surface area contributed by atoms with Crippen LogP contribution in [0.3, 0.4) is 0 Å². The first-order chi connectivity index (χ1) is 14.7. The number of carbonyl (C=O) groups excluding carboxylic acids is 1. The molecule has 1 amide bonds. The molecular weight excluding hydrogens is 382 g/mol. The molecule has 0 saturated heterocycles. The summed E-state index contributed by atoms with van der Waals surface area (Å²) in [5.41, 5.74) is 4.75. The molecule has 0 radical (unpaired) electrons. The van der Waals surface area contributed by atoms with Crippen molar-refractivity contribution in [2.45, 2.75) is 0 Å². The number of hydrogen-bond donors (Lipinski definition) is 1. The minimum atomic E-state index is 0.592. The number of fused-ring (bicyclic) bond motifs is 1. The van der Waals surface area contributed by atoms with Crippen LogP contribution in [-0.4, -0.2) is 37.1 Å². The standard InChI is InChI=1S/C23H21N3O4/c1-28-17-6-4-5-15(9-17)21-12-24-23-20(25-14-27)10-16(13-26(21)23)19-8-7-18(29-2)11-22(19)30-3/h4-14H,1-3H3,(H,25,27). The van der Waals surface area contributed by atoms with Crippen LogP contribution in [0.5, 0.6) is 17.2 Å². The summed E-state index contributed by atoms with van der Waals surface area (Å²) < 4.78 is 18.2. The summed E-state index contributed by atoms with van der Waals surface area (Å²) in [6.45, 7) is 0. The molecule has 0 fully saturated rings. The lowest BCUT2D eigenvalue weighted by molar-refractivity contribution is -0.105. The number of rotatable bonds is 7. The molecule has 2 aromatic heterocycles. The van der Waals surface area contributed by atoms with Gasteiger partial charge in [0.2, 0.25) is 6.41 Å². The predicted molar refractivity (Wildman–Crippen MR) is 115 cm³/mol. The van der Waals surface area contributed by atoms with Crippen LogP contribution in [0.25, 0.3) is 28.0 Å². The van der Waals surface area contributed by atoms with Crippen LogP contribution in [0.4, 0.5) is 5.69 Å². The monoisotopic (exact) mass is 403 g/mol. The highest BCUT2D eigenvalue weighted by molar-refractivity contribution is 5.87. The first kappa shape index (κ1) is 19.3. The summed E-state index contributed by atoms with van der Waals surface area (Å²) in [5, 5.41) is 2.75. The molecule has 0 atom stereocenters. The van der Waals surface area contributed by atoms with Gasteiger partial charge in [0.1, 0.15) is 17.2 Å². The molecule has 0 saturated carbocycles. The van der Waals surface area contributed by atoms with Crippen LogP contribution in [-0.2, 0) is 4.79 Å². The Hall–Kier alpha value is -4.00. The number of amides is 1. The molecule has 0 aliphatic rings. The second kappa shape index (κ2) is 8.16. The van der Waals surface area contributed by atoms with Crippen molar-refractivity contribution >= 4 is 17.7 Å². The second-order valence-corrected chi connectivity index (χ2v) is 6.54. The van der Waals surface area contributed by atoms with Crippen molar-refractivity contribution in [3.05, 3.63) is 60.9 Å². The van der Waals surface area contributed by atoms with E-state index in [-0.39, 0.29) is 0 Å². The normalized spacial score (nSPS) is 10.6. The molecule has 1 N–H and O–H groups in total. The summed E-state index contributed by atoms with van der Waals surface area (Å²) >= 11 is 0. The van der Waals surface area contributed by atoms with Crippen LogP contribution in [0.2, 0.25) is 0 Å². The Morgan fingerprint density at radius 1 is 0.933 bits per heavy atom. The van der Waals surface area contributed by atoms with Crippen molar-refractivity contribution in [3.63, 3.8) is 0 Å². The molecule has 0 aliphatic carbocycles. The Morgan fingerprint density at radius 3 is 2.47 bits per heavy atom.